The zero-order valence-electron chi connectivity index (χ0n) is 20.8. The number of aromatic nitrogens is 2. The lowest BCUT2D eigenvalue weighted by molar-refractivity contribution is 0.0487. The average molecular weight is 481 g/mol. The van der Waals surface area contributed by atoms with Crippen molar-refractivity contribution < 1.29 is 19.1 Å². The molecule has 3 N–H and O–H groups in total. The highest BCUT2D eigenvalue weighted by molar-refractivity contribution is 5.97. The summed E-state index contributed by atoms with van der Waals surface area (Å²) in [5.74, 6) is -0.387. The third-order valence-electron chi connectivity index (χ3n) is 5.47. The molecule has 10 nitrogen and oxygen atoms in total. The summed E-state index contributed by atoms with van der Waals surface area (Å²) in [6, 6.07) is 9.12. The van der Waals surface area contributed by atoms with Crippen LogP contribution in [0.3, 0.4) is 0 Å². The van der Waals surface area contributed by atoms with Crippen LogP contribution in [0, 0.1) is 18.3 Å². The fourth-order valence-electron chi connectivity index (χ4n) is 3.95. The minimum atomic E-state index is -0.717. The molecule has 0 spiro atoms. The van der Waals surface area contributed by atoms with Crippen LogP contribution in [0.4, 0.5) is 22.2 Å². The van der Waals surface area contributed by atoms with Crippen LogP contribution in [0.5, 0.6) is 0 Å². The van der Waals surface area contributed by atoms with Crippen LogP contribution in [0.1, 0.15) is 68.1 Å². The Kier molecular flexibility index (Phi) is 8.12. The number of benzene rings is 1. The van der Waals surface area contributed by atoms with Crippen molar-refractivity contribution in [1.29, 1.82) is 5.26 Å². The summed E-state index contributed by atoms with van der Waals surface area (Å²) < 4.78 is 10.3. The molecule has 10 heteroatoms. The highest BCUT2D eigenvalue weighted by atomic mass is 16.6. The number of hydrogen-bond donors (Lipinski definition) is 3. The lowest BCUT2D eigenvalue weighted by Crippen LogP contribution is -2.50. The first-order valence-corrected chi connectivity index (χ1v) is 11.6. The van der Waals surface area contributed by atoms with Gasteiger partial charge in [-0.25, -0.2) is 14.6 Å². The van der Waals surface area contributed by atoms with Crippen LogP contribution in [-0.2, 0) is 9.47 Å². The zero-order chi connectivity index (χ0) is 25.6. The van der Waals surface area contributed by atoms with Crippen molar-refractivity contribution >= 4 is 29.5 Å². The lowest BCUT2D eigenvalue weighted by Gasteiger charge is -2.33. The van der Waals surface area contributed by atoms with Crippen molar-refractivity contribution in [2.75, 3.05) is 17.7 Å². The van der Waals surface area contributed by atoms with E-state index in [1.165, 1.54) is 7.11 Å². The normalized spacial score (nSPS) is 17.6. The molecule has 1 fully saturated rings. The Morgan fingerprint density at radius 3 is 2.49 bits per heavy atom. The van der Waals surface area contributed by atoms with E-state index in [1.54, 1.807) is 0 Å². The molecule has 2 aromatic rings. The quantitative estimate of drug-likeness (QED) is 0.512. The number of nitriles is 1. The summed E-state index contributed by atoms with van der Waals surface area (Å²) >= 11 is 0. The van der Waals surface area contributed by atoms with E-state index in [1.807, 2.05) is 58.0 Å². The molecule has 1 amide bonds. The monoisotopic (exact) mass is 480 g/mol. The molecule has 2 atom stereocenters. The van der Waals surface area contributed by atoms with Crippen LogP contribution in [0.15, 0.2) is 24.3 Å². The van der Waals surface area contributed by atoms with Gasteiger partial charge in [-0.2, -0.15) is 10.2 Å². The van der Waals surface area contributed by atoms with Gasteiger partial charge in [0.25, 0.3) is 0 Å². The topological polar surface area (TPSA) is 138 Å². The number of ether oxygens (including phenoxy) is 2. The molecule has 186 valence electrons. The number of carbonyl (C=O) groups is 2. The molecule has 0 unspecified atom stereocenters. The Morgan fingerprint density at radius 2 is 1.86 bits per heavy atom. The first-order chi connectivity index (χ1) is 16.6. The average Bonchev–Trinajstić information content (AvgIpc) is 2.78. The van der Waals surface area contributed by atoms with Gasteiger partial charge in [-0.05, 0) is 58.2 Å². The molecule has 1 aliphatic rings. The SMILES string of the molecule is COC(=O)c1c(C#N)nc(N[C@@H]2CCCC[C@@H]2NC(=O)OC(C)(C)C)nc1Nc1cccc(C)c1. The van der Waals surface area contributed by atoms with Crippen LogP contribution in [0.25, 0.3) is 0 Å². The number of anilines is 3. The van der Waals surface area contributed by atoms with Crippen molar-refractivity contribution in [2.45, 2.75) is 71.1 Å². The molecule has 0 bridgehead atoms. The number of hydrogen-bond acceptors (Lipinski definition) is 9. The molecule has 1 aliphatic carbocycles. The molecule has 0 radical (unpaired) electrons. The number of nitrogens with one attached hydrogen (secondary N) is 3. The van der Waals surface area contributed by atoms with E-state index in [9.17, 15) is 14.9 Å². The Labute approximate surface area is 205 Å². The fourth-order valence-corrected chi connectivity index (χ4v) is 3.95. The van der Waals surface area contributed by atoms with Gasteiger partial charge >= 0.3 is 12.1 Å². The molecule has 35 heavy (non-hydrogen) atoms. The van der Waals surface area contributed by atoms with Gasteiger partial charge in [0.15, 0.2) is 11.5 Å². The number of amides is 1. The van der Waals surface area contributed by atoms with Gasteiger partial charge in [-0.15, -0.1) is 0 Å². The van der Waals surface area contributed by atoms with Gasteiger partial charge in [0, 0.05) is 11.7 Å². The first-order valence-electron chi connectivity index (χ1n) is 11.6. The number of esters is 1. The Morgan fingerprint density at radius 1 is 1.14 bits per heavy atom. The molecular weight excluding hydrogens is 448 g/mol. The van der Waals surface area contributed by atoms with Crippen LogP contribution < -0.4 is 16.0 Å². The Bertz CT molecular complexity index is 1120. The number of carbonyl (C=O) groups excluding carboxylic acids is 2. The van der Waals surface area contributed by atoms with E-state index >= 15 is 0 Å². The van der Waals surface area contributed by atoms with Gasteiger partial charge in [0.2, 0.25) is 5.95 Å². The van der Waals surface area contributed by atoms with Crippen molar-refractivity contribution in [3.05, 3.63) is 41.1 Å². The third-order valence-corrected chi connectivity index (χ3v) is 5.47. The third kappa shape index (κ3) is 7.06. The van der Waals surface area contributed by atoms with Crippen LogP contribution in [-0.4, -0.2) is 46.8 Å². The zero-order valence-corrected chi connectivity index (χ0v) is 20.8. The smallest absolute Gasteiger partial charge is 0.407 e. The minimum Gasteiger partial charge on any atom is -0.465 e. The first kappa shape index (κ1) is 25.7. The molecule has 3 rings (SSSR count). The van der Waals surface area contributed by atoms with E-state index in [0.717, 1.165) is 31.2 Å². The van der Waals surface area contributed by atoms with Crippen molar-refractivity contribution in [3.63, 3.8) is 0 Å². The van der Waals surface area contributed by atoms with E-state index in [2.05, 4.69) is 25.9 Å². The van der Waals surface area contributed by atoms with Crippen LogP contribution >= 0.6 is 0 Å². The molecule has 1 heterocycles. The second kappa shape index (κ2) is 11.0. The summed E-state index contributed by atoms with van der Waals surface area (Å²) in [6.45, 7) is 7.38. The maximum Gasteiger partial charge on any atom is 0.407 e. The molecule has 0 saturated heterocycles. The highest BCUT2D eigenvalue weighted by Crippen LogP contribution is 2.27. The van der Waals surface area contributed by atoms with Gasteiger partial charge in [0.05, 0.1) is 13.2 Å². The van der Waals surface area contributed by atoms with Gasteiger partial charge in [-0.3, -0.25) is 0 Å². The highest BCUT2D eigenvalue weighted by Gasteiger charge is 2.30. The van der Waals surface area contributed by atoms with Gasteiger partial charge < -0.3 is 25.4 Å². The predicted molar refractivity (Wildman–Crippen MR) is 132 cm³/mol. The summed E-state index contributed by atoms with van der Waals surface area (Å²) in [6.07, 6.45) is 2.97. The summed E-state index contributed by atoms with van der Waals surface area (Å²) in [4.78, 5) is 33.6. The Balaban J connectivity index is 1.91. The number of rotatable bonds is 6. The van der Waals surface area contributed by atoms with E-state index in [-0.39, 0.29) is 35.1 Å². The van der Waals surface area contributed by atoms with Crippen molar-refractivity contribution in [3.8, 4) is 6.07 Å². The molecule has 1 saturated carbocycles. The van der Waals surface area contributed by atoms with E-state index < -0.39 is 17.7 Å². The second-order valence-electron chi connectivity index (χ2n) is 9.51. The summed E-state index contributed by atoms with van der Waals surface area (Å²) in [5, 5.41) is 19.0. The maximum absolute atomic E-state index is 12.5. The molecule has 0 aliphatic heterocycles. The fraction of sp³-hybridized carbons (Fsp3) is 0.480. The van der Waals surface area contributed by atoms with Crippen molar-refractivity contribution in [2.24, 2.45) is 0 Å². The standard InChI is InChI=1S/C25H32N6O4/c1-15-9-8-10-16(13-15)27-21-20(22(32)34-5)19(14-26)29-23(31-21)28-17-11-6-7-12-18(17)30-24(33)35-25(2,3)4/h8-10,13,17-18H,6-7,11-12H2,1-5H3,(H,30,33)(H2,27,28,29,31)/t17-,18+/m1/s1. The largest absolute Gasteiger partial charge is 0.465 e. The van der Waals surface area contributed by atoms with Gasteiger partial charge in [0.1, 0.15) is 17.2 Å². The number of nitrogens with zero attached hydrogens (tertiary/aromatic N) is 3. The number of alkyl carbamates (subject to hydrolysis) is 1. The summed E-state index contributed by atoms with van der Waals surface area (Å²) in [7, 11) is 1.24. The predicted octanol–water partition coefficient (Wildman–Crippen LogP) is 4.43. The number of methoxy groups -OCH3 is 1. The summed E-state index contributed by atoms with van der Waals surface area (Å²) in [5.41, 5.74) is 0.949. The maximum atomic E-state index is 12.5. The molecule has 1 aromatic heterocycles. The number of aryl methyl sites for hydroxylation is 1. The van der Waals surface area contributed by atoms with E-state index in [4.69, 9.17) is 9.47 Å². The molecule has 1 aromatic carbocycles. The minimum absolute atomic E-state index is 0.0471. The van der Waals surface area contributed by atoms with E-state index in [0.29, 0.717) is 5.69 Å². The van der Waals surface area contributed by atoms with Crippen LogP contribution in [0.2, 0.25) is 0 Å². The lowest BCUT2D eigenvalue weighted by atomic mass is 9.90. The second-order valence-corrected chi connectivity index (χ2v) is 9.51. The Hall–Kier alpha value is -3.87. The molecular formula is C25H32N6O4. The van der Waals surface area contributed by atoms with Gasteiger partial charge in [-0.1, -0.05) is 25.0 Å². The van der Waals surface area contributed by atoms with Crippen molar-refractivity contribution in [1.82, 2.24) is 15.3 Å².